The topological polar surface area (TPSA) is 75.4 Å². The van der Waals surface area contributed by atoms with Crippen LogP contribution in [0.2, 0.25) is 4.34 Å². The van der Waals surface area contributed by atoms with Gasteiger partial charge in [-0.05, 0) is 42.3 Å². The third-order valence-electron chi connectivity index (χ3n) is 3.49. The zero-order chi connectivity index (χ0) is 17.7. The summed E-state index contributed by atoms with van der Waals surface area (Å²) < 4.78 is 0.583. The molecule has 0 spiro atoms. The molecule has 2 amide bonds. The Morgan fingerprint density at radius 2 is 1.92 bits per heavy atom. The van der Waals surface area contributed by atoms with Crippen molar-refractivity contribution >= 4 is 46.1 Å². The van der Waals surface area contributed by atoms with Crippen molar-refractivity contribution in [3.05, 3.63) is 45.6 Å². The predicted octanol–water partition coefficient (Wildman–Crippen LogP) is 3.40. The Labute approximate surface area is 150 Å². The summed E-state index contributed by atoms with van der Waals surface area (Å²) in [6, 6.07) is 10.5. The van der Waals surface area contributed by atoms with Gasteiger partial charge in [-0.3, -0.25) is 9.59 Å². The molecule has 1 aromatic carbocycles. The van der Waals surface area contributed by atoms with Crippen LogP contribution in [-0.2, 0) is 4.79 Å². The molecule has 0 aliphatic rings. The van der Waals surface area contributed by atoms with Crippen LogP contribution in [0.3, 0.4) is 0 Å². The number of nitrogen functional groups attached to an aromatic ring is 1. The second-order valence-corrected chi connectivity index (χ2v) is 7.36. The molecule has 1 atom stereocenters. The van der Waals surface area contributed by atoms with E-state index in [9.17, 15) is 9.59 Å². The van der Waals surface area contributed by atoms with E-state index in [0.29, 0.717) is 28.0 Å². The van der Waals surface area contributed by atoms with E-state index in [4.69, 9.17) is 17.3 Å². The van der Waals surface area contributed by atoms with E-state index in [1.807, 2.05) is 19.1 Å². The summed E-state index contributed by atoms with van der Waals surface area (Å²) in [5.74, 6) is -0.116. The van der Waals surface area contributed by atoms with Crippen LogP contribution in [0.25, 0.3) is 0 Å². The molecular weight excluding hydrogens is 346 g/mol. The summed E-state index contributed by atoms with van der Waals surface area (Å²) in [4.78, 5) is 26.2. The fourth-order valence-corrected chi connectivity index (χ4v) is 3.20. The molecular formula is C17H20ClN3O2S. The lowest BCUT2D eigenvalue weighted by Crippen LogP contribution is -2.37. The van der Waals surface area contributed by atoms with Gasteiger partial charge in [0.15, 0.2) is 0 Å². The first kappa shape index (κ1) is 18.3. The third kappa shape index (κ3) is 4.97. The smallest absolute Gasteiger partial charge is 0.261 e. The Morgan fingerprint density at radius 1 is 1.25 bits per heavy atom. The highest BCUT2D eigenvalue weighted by molar-refractivity contribution is 7.17. The van der Waals surface area contributed by atoms with Crippen molar-refractivity contribution in [2.24, 2.45) is 5.92 Å². The van der Waals surface area contributed by atoms with Gasteiger partial charge in [-0.2, -0.15) is 0 Å². The minimum Gasteiger partial charge on any atom is -0.399 e. The monoisotopic (exact) mass is 365 g/mol. The number of hydrogen-bond acceptors (Lipinski definition) is 4. The molecule has 5 nitrogen and oxygen atoms in total. The first-order valence-electron chi connectivity index (χ1n) is 7.54. The minimum absolute atomic E-state index is 0.0528. The Kier molecular flexibility index (Phi) is 6.23. The molecule has 0 fully saturated rings. The van der Waals surface area contributed by atoms with Gasteiger partial charge in [0.1, 0.15) is 0 Å². The van der Waals surface area contributed by atoms with Gasteiger partial charge in [0, 0.05) is 31.4 Å². The molecule has 0 aliphatic carbocycles. The van der Waals surface area contributed by atoms with Crippen LogP contribution in [0.1, 0.15) is 23.5 Å². The number of nitrogens with one attached hydrogen (secondary N) is 1. The molecule has 3 N–H and O–H groups in total. The maximum atomic E-state index is 12.0. The summed E-state index contributed by atoms with van der Waals surface area (Å²) in [6.45, 7) is 4.47. The van der Waals surface area contributed by atoms with Crippen LogP contribution < -0.4 is 16.0 Å². The van der Waals surface area contributed by atoms with Gasteiger partial charge in [-0.15, -0.1) is 11.3 Å². The highest BCUT2D eigenvalue weighted by Crippen LogP contribution is 2.21. The first-order valence-corrected chi connectivity index (χ1v) is 8.73. The zero-order valence-corrected chi connectivity index (χ0v) is 15.2. The Bertz CT molecular complexity index is 715. The van der Waals surface area contributed by atoms with Crippen molar-refractivity contribution in [1.29, 1.82) is 0 Å². The number of carbonyl (C=O) groups excluding carboxylic acids is 2. The van der Waals surface area contributed by atoms with Crippen molar-refractivity contribution in [2.45, 2.75) is 13.8 Å². The second kappa shape index (κ2) is 8.17. The zero-order valence-electron chi connectivity index (χ0n) is 13.6. The molecule has 2 rings (SSSR count). The van der Waals surface area contributed by atoms with E-state index in [-0.39, 0.29) is 17.7 Å². The molecule has 0 radical (unpaired) electrons. The van der Waals surface area contributed by atoms with E-state index in [1.54, 1.807) is 29.2 Å². The molecule has 2 aromatic rings. The van der Waals surface area contributed by atoms with Crippen molar-refractivity contribution in [3.63, 3.8) is 0 Å². The van der Waals surface area contributed by atoms with Gasteiger partial charge in [0.2, 0.25) is 5.91 Å². The van der Waals surface area contributed by atoms with E-state index in [2.05, 4.69) is 5.32 Å². The number of nitrogens with zero attached hydrogens (tertiary/aromatic N) is 1. The Hall–Kier alpha value is -2.05. The van der Waals surface area contributed by atoms with Gasteiger partial charge in [-0.1, -0.05) is 18.5 Å². The summed E-state index contributed by atoms with van der Waals surface area (Å²) >= 11 is 7.08. The van der Waals surface area contributed by atoms with Gasteiger partial charge in [0.05, 0.1) is 9.21 Å². The molecule has 1 aromatic heterocycles. The summed E-state index contributed by atoms with van der Waals surface area (Å²) in [5.41, 5.74) is 7.12. The maximum Gasteiger partial charge on any atom is 0.261 e. The quantitative estimate of drug-likeness (QED) is 0.770. The number of halogens is 1. The van der Waals surface area contributed by atoms with Crippen molar-refractivity contribution in [3.8, 4) is 0 Å². The fraction of sp³-hybridized carbons (Fsp3) is 0.294. The number of carbonyl (C=O) groups is 2. The van der Waals surface area contributed by atoms with Gasteiger partial charge in [0.25, 0.3) is 5.91 Å². The molecule has 0 aliphatic heterocycles. The van der Waals surface area contributed by atoms with Crippen molar-refractivity contribution in [2.75, 3.05) is 23.7 Å². The normalized spacial score (nSPS) is 11.8. The van der Waals surface area contributed by atoms with Gasteiger partial charge >= 0.3 is 0 Å². The fourth-order valence-electron chi connectivity index (χ4n) is 2.24. The minimum atomic E-state index is -0.152. The van der Waals surface area contributed by atoms with E-state index >= 15 is 0 Å². The number of hydrogen-bond donors (Lipinski definition) is 2. The third-order valence-corrected chi connectivity index (χ3v) is 4.72. The van der Waals surface area contributed by atoms with Crippen LogP contribution >= 0.6 is 22.9 Å². The van der Waals surface area contributed by atoms with Crippen LogP contribution in [0.4, 0.5) is 11.4 Å². The second-order valence-electron chi connectivity index (χ2n) is 5.64. The average Bonchev–Trinajstić information content (AvgIpc) is 2.97. The van der Waals surface area contributed by atoms with Crippen molar-refractivity contribution < 1.29 is 9.59 Å². The van der Waals surface area contributed by atoms with Gasteiger partial charge in [-0.25, -0.2) is 0 Å². The highest BCUT2D eigenvalue weighted by atomic mass is 35.5. The number of nitrogens with two attached hydrogens (primary N) is 1. The van der Waals surface area contributed by atoms with Crippen LogP contribution in [0.5, 0.6) is 0 Å². The van der Waals surface area contributed by atoms with E-state index in [1.165, 1.54) is 18.3 Å². The summed E-state index contributed by atoms with van der Waals surface area (Å²) in [5, 5.41) is 2.87. The number of benzene rings is 1. The van der Waals surface area contributed by atoms with Crippen molar-refractivity contribution in [1.82, 2.24) is 5.32 Å². The number of rotatable bonds is 6. The lowest BCUT2D eigenvalue weighted by atomic mass is 10.1. The predicted molar refractivity (Wildman–Crippen MR) is 99.7 cm³/mol. The molecule has 1 unspecified atom stereocenters. The number of amides is 2. The van der Waals surface area contributed by atoms with Gasteiger partial charge < -0.3 is 16.0 Å². The molecule has 7 heteroatoms. The molecule has 0 bridgehead atoms. The maximum absolute atomic E-state index is 12.0. The SMILES string of the molecule is CC(=O)N(CC(C)CNC(=O)c1ccc(Cl)s1)c1ccc(N)cc1. The molecule has 128 valence electrons. The lowest BCUT2D eigenvalue weighted by Gasteiger charge is -2.25. The standard InChI is InChI=1S/C17H20ClN3O2S/c1-11(9-20-17(23)15-7-8-16(18)24-15)10-21(12(2)22)14-5-3-13(19)4-6-14/h3-8,11H,9-10,19H2,1-2H3,(H,20,23). The highest BCUT2D eigenvalue weighted by Gasteiger charge is 2.16. The van der Waals surface area contributed by atoms with E-state index < -0.39 is 0 Å². The lowest BCUT2D eigenvalue weighted by molar-refractivity contribution is -0.116. The van der Waals surface area contributed by atoms with E-state index in [0.717, 1.165) is 5.69 Å². The number of thiophene rings is 1. The van der Waals surface area contributed by atoms with Crippen LogP contribution in [0.15, 0.2) is 36.4 Å². The molecule has 0 saturated heterocycles. The average molecular weight is 366 g/mol. The summed E-state index contributed by atoms with van der Waals surface area (Å²) in [7, 11) is 0. The first-order chi connectivity index (χ1) is 11.4. The number of anilines is 2. The Morgan fingerprint density at radius 3 is 2.46 bits per heavy atom. The summed E-state index contributed by atoms with van der Waals surface area (Å²) in [6.07, 6.45) is 0. The Balaban J connectivity index is 1.93. The molecule has 0 saturated carbocycles. The van der Waals surface area contributed by atoms with Crippen LogP contribution in [-0.4, -0.2) is 24.9 Å². The largest absolute Gasteiger partial charge is 0.399 e. The molecule has 1 heterocycles. The van der Waals surface area contributed by atoms with Crippen LogP contribution in [0, 0.1) is 5.92 Å². The molecule has 24 heavy (non-hydrogen) atoms.